The molecule has 0 aromatic heterocycles. The highest BCUT2D eigenvalue weighted by molar-refractivity contribution is 7.92. The molecule has 1 N–H and O–H groups in total. The van der Waals surface area contributed by atoms with E-state index in [1.165, 1.54) is 23.6 Å². The highest BCUT2D eigenvalue weighted by Crippen LogP contribution is 2.44. The van der Waals surface area contributed by atoms with Crippen LogP contribution >= 0.6 is 0 Å². The molecule has 2 saturated carbocycles. The maximum absolute atomic E-state index is 12.8. The van der Waals surface area contributed by atoms with Crippen LogP contribution < -0.4 is 14.4 Å². The summed E-state index contributed by atoms with van der Waals surface area (Å²) >= 11 is 0. The van der Waals surface area contributed by atoms with Gasteiger partial charge in [-0.25, -0.2) is 8.42 Å². The minimum Gasteiger partial charge on any atom is -0.494 e. The topological polar surface area (TPSA) is 75.7 Å². The van der Waals surface area contributed by atoms with Crippen LogP contribution in [0.3, 0.4) is 0 Å². The molecule has 0 saturated heterocycles. The fourth-order valence-corrected chi connectivity index (χ4v) is 5.56. The van der Waals surface area contributed by atoms with Gasteiger partial charge in [0.2, 0.25) is 15.9 Å². The molecule has 1 aromatic rings. The third-order valence-corrected chi connectivity index (χ3v) is 6.80. The Morgan fingerprint density at radius 2 is 1.96 bits per heavy atom. The third kappa shape index (κ3) is 3.98. The van der Waals surface area contributed by atoms with Crippen molar-refractivity contribution in [1.29, 1.82) is 0 Å². The molecule has 2 aliphatic carbocycles. The Morgan fingerprint density at radius 1 is 1.27 bits per heavy atom. The molecule has 0 spiro atoms. The van der Waals surface area contributed by atoms with Crippen LogP contribution in [0, 0.1) is 11.8 Å². The summed E-state index contributed by atoms with van der Waals surface area (Å²) in [6, 6.07) is 6.17. The first-order valence-corrected chi connectivity index (χ1v) is 11.2. The van der Waals surface area contributed by atoms with Crippen molar-refractivity contribution in [2.24, 2.45) is 11.8 Å². The van der Waals surface area contributed by atoms with Gasteiger partial charge in [-0.05, 0) is 69.2 Å². The summed E-state index contributed by atoms with van der Waals surface area (Å²) in [6.07, 6.45) is 5.76. The van der Waals surface area contributed by atoms with Crippen LogP contribution in [-0.2, 0) is 14.8 Å². The zero-order valence-corrected chi connectivity index (χ0v) is 16.5. The number of anilines is 1. The zero-order valence-electron chi connectivity index (χ0n) is 15.6. The molecule has 144 valence electrons. The molecule has 7 heteroatoms. The summed E-state index contributed by atoms with van der Waals surface area (Å²) in [5.74, 6) is 1.71. The van der Waals surface area contributed by atoms with E-state index in [2.05, 4.69) is 5.32 Å². The number of benzene rings is 1. The molecule has 1 aromatic carbocycles. The molecule has 1 unspecified atom stereocenters. The van der Waals surface area contributed by atoms with Crippen molar-refractivity contribution in [3.05, 3.63) is 24.3 Å². The normalized spacial score (nSPS) is 25.7. The van der Waals surface area contributed by atoms with Gasteiger partial charge in [-0.15, -0.1) is 0 Å². The number of carbonyl (C=O) groups excluding carboxylic acids is 1. The molecule has 0 radical (unpaired) electrons. The summed E-state index contributed by atoms with van der Waals surface area (Å²) in [5.41, 5.74) is 0.464. The third-order valence-electron chi connectivity index (χ3n) is 5.56. The van der Waals surface area contributed by atoms with Crippen LogP contribution in [0.5, 0.6) is 5.75 Å². The molecular formula is C19H28N2O4S. The monoisotopic (exact) mass is 380 g/mol. The lowest BCUT2D eigenvalue weighted by Crippen LogP contribution is -2.51. The van der Waals surface area contributed by atoms with Gasteiger partial charge < -0.3 is 10.1 Å². The molecule has 1 amide bonds. The number of nitrogens with one attached hydrogen (secondary N) is 1. The molecule has 2 aliphatic rings. The number of ether oxygens (including phenoxy) is 1. The number of fused-ring (bicyclic) bond motifs is 2. The number of carbonyl (C=O) groups is 1. The highest BCUT2D eigenvalue weighted by Gasteiger charge is 2.41. The van der Waals surface area contributed by atoms with Gasteiger partial charge in [-0.1, -0.05) is 6.42 Å². The molecule has 4 atom stereocenters. The van der Waals surface area contributed by atoms with Crippen LogP contribution in [0.4, 0.5) is 5.69 Å². The van der Waals surface area contributed by atoms with Crippen molar-refractivity contribution in [2.45, 2.75) is 51.6 Å². The minimum atomic E-state index is -3.60. The van der Waals surface area contributed by atoms with Gasteiger partial charge in [-0.3, -0.25) is 9.10 Å². The van der Waals surface area contributed by atoms with Gasteiger partial charge in [0.1, 0.15) is 11.8 Å². The average molecular weight is 381 g/mol. The van der Waals surface area contributed by atoms with E-state index in [4.69, 9.17) is 4.74 Å². The molecule has 0 heterocycles. The van der Waals surface area contributed by atoms with Crippen LogP contribution in [0.25, 0.3) is 0 Å². The lowest BCUT2D eigenvalue weighted by Gasteiger charge is -2.31. The maximum atomic E-state index is 12.8. The molecule has 2 bridgehead atoms. The Morgan fingerprint density at radius 3 is 2.46 bits per heavy atom. The Balaban J connectivity index is 1.75. The van der Waals surface area contributed by atoms with E-state index in [9.17, 15) is 13.2 Å². The summed E-state index contributed by atoms with van der Waals surface area (Å²) in [4.78, 5) is 12.8. The smallest absolute Gasteiger partial charge is 0.243 e. The highest BCUT2D eigenvalue weighted by atomic mass is 32.2. The number of hydrogen-bond acceptors (Lipinski definition) is 4. The predicted octanol–water partition coefficient (Wildman–Crippen LogP) is 2.54. The van der Waals surface area contributed by atoms with Crippen molar-refractivity contribution in [3.63, 3.8) is 0 Å². The van der Waals surface area contributed by atoms with Crippen molar-refractivity contribution in [3.8, 4) is 5.75 Å². The van der Waals surface area contributed by atoms with E-state index < -0.39 is 16.1 Å². The number of sulfonamides is 1. The van der Waals surface area contributed by atoms with Gasteiger partial charge >= 0.3 is 0 Å². The van der Waals surface area contributed by atoms with E-state index in [-0.39, 0.29) is 11.9 Å². The van der Waals surface area contributed by atoms with E-state index in [1.807, 2.05) is 6.92 Å². The first-order valence-electron chi connectivity index (χ1n) is 9.32. The number of rotatable bonds is 7. The number of nitrogens with zero attached hydrogens (tertiary/aromatic N) is 1. The largest absolute Gasteiger partial charge is 0.494 e. The molecule has 0 aliphatic heterocycles. The first-order chi connectivity index (χ1) is 12.3. The van der Waals surface area contributed by atoms with E-state index in [0.717, 1.165) is 18.6 Å². The maximum Gasteiger partial charge on any atom is 0.243 e. The Hall–Kier alpha value is -1.76. The second-order valence-electron chi connectivity index (χ2n) is 7.45. The van der Waals surface area contributed by atoms with Crippen LogP contribution in [-0.4, -0.2) is 39.3 Å². The van der Waals surface area contributed by atoms with Gasteiger partial charge in [-0.2, -0.15) is 0 Å². The zero-order chi connectivity index (χ0) is 18.9. The average Bonchev–Trinajstić information content (AvgIpc) is 3.18. The minimum absolute atomic E-state index is 0.186. The van der Waals surface area contributed by atoms with Gasteiger partial charge in [0.05, 0.1) is 18.6 Å². The van der Waals surface area contributed by atoms with Crippen molar-refractivity contribution < 1.29 is 17.9 Å². The quantitative estimate of drug-likeness (QED) is 0.789. The van der Waals surface area contributed by atoms with Crippen molar-refractivity contribution >= 4 is 21.6 Å². The first kappa shape index (κ1) is 19.0. The summed E-state index contributed by atoms with van der Waals surface area (Å²) < 4.78 is 31.3. The summed E-state index contributed by atoms with van der Waals surface area (Å²) in [6.45, 7) is 4.07. The second kappa shape index (κ2) is 7.47. The lowest BCUT2D eigenvalue weighted by molar-refractivity contribution is -0.122. The molecule has 2 fully saturated rings. The Labute approximate surface area is 156 Å². The van der Waals surface area contributed by atoms with Crippen molar-refractivity contribution in [2.75, 3.05) is 17.2 Å². The summed E-state index contributed by atoms with van der Waals surface area (Å²) in [7, 11) is -3.60. The molecular weight excluding hydrogens is 352 g/mol. The Bertz CT molecular complexity index is 747. The SMILES string of the molecule is CCOc1ccc(N(C(C)C(=O)N[C@@H]2C[C@H]3CC[C@@H]2C3)S(C)(=O)=O)cc1. The fourth-order valence-electron chi connectivity index (χ4n) is 4.39. The van der Waals surface area contributed by atoms with Gasteiger partial charge in [0.15, 0.2) is 0 Å². The molecule has 3 rings (SSSR count). The second-order valence-corrected chi connectivity index (χ2v) is 9.31. The van der Waals surface area contributed by atoms with Crippen molar-refractivity contribution in [1.82, 2.24) is 5.32 Å². The van der Waals surface area contributed by atoms with Crippen LogP contribution in [0.1, 0.15) is 39.5 Å². The van der Waals surface area contributed by atoms with Crippen LogP contribution in [0.15, 0.2) is 24.3 Å². The number of hydrogen-bond donors (Lipinski definition) is 1. The number of amides is 1. The molecule has 26 heavy (non-hydrogen) atoms. The van der Waals surface area contributed by atoms with E-state index >= 15 is 0 Å². The molecule has 6 nitrogen and oxygen atoms in total. The standard InChI is InChI=1S/C19H28N2O4S/c1-4-25-17-9-7-16(8-10-17)21(26(3,23)24)13(2)19(22)20-18-12-14-5-6-15(18)11-14/h7-10,13-15,18H,4-6,11-12H2,1-3H3,(H,20,22)/t13?,14-,15+,18+/m0/s1. The van der Waals surface area contributed by atoms with Crippen LogP contribution in [0.2, 0.25) is 0 Å². The lowest BCUT2D eigenvalue weighted by atomic mass is 9.95. The van der Waals surface area contributed by atoms with Gasteiger partial charge in [0, 0.05) is 6.04 Å². The van der Waals surface area contributed by atoms with Gasteiger partial charge in [0.25, 0.3) is 0 Å². The predicted molar refractivity (Wildman–Crippen MR) is 102 cm³/mol. The Kier molecular flexibility index (Phi) is 5.46. The fraction of sp³-hybridized carbons (Fsp3) is 0.632. The van der Waals surface area contributed by atoms with E-state index in [0.29, 0.717) is 24.0 Å². The van der Waals surface area contributed by atoms with E-state index in [1.54, 1.807) is 31.2 Å². The summed E-state index contributed by atoms with van der Waals surface area (Å²) in [5, 5.41) is 3.09.